The van der Waals surface area contributed by atoms with Gasteiger partial charge in [-0.25, -0.2) is 0 Å². The molecule has 0 amide bonds. The van der Waals surface area contributed by atoms with Gasteiger partial charge in [-0.2, -0.15) is 0 Å². The van der Waals surface area contributed by atoms with Gasteiger partial charge in [0.2, 0.25) is 0 Å². The fraction of sp³-hybridized carbons (Fsp3) is 0.296. The molecule has 1 aliphatic carbocycles. The van der Waals surface area contributed by atoms with Crippen molar-refractivity contribution in [3.63, 3.8) is 0 Å². The van der Waals surface area contributed by atoms with Gasteiger partial charge in [0, 0.05) is 32.3 Å². The third-order valence-electron chi connectivity index (χ3n) is 6.65. The van der Waals surface area contributed by atoms with Crippen molar-refractivity contribution in [3.05, 3.63) is 102 Å². The standard InChI is InChI=1S/C27H28N2O2S/c1-20(30)31-27(22-13-7-4-8-14-22)24(21-11-5-3-6-12-21)16-9-17-26(27,25(32)28-2)23-15-10-18-29-19-23/h3-8,10-15,18-19,24H,9,16-17H2,1-2H3,(H,28,32). The number of carbonyl (C=O) groups excluding carboxylic acids is 1. The van der Waals surface area contributed by atoms with E-state index >= 15 is 0 Å². The van der Waals surface area contributed by atoms with Gasteiger partial charge in [-0.3, -0.25) is 9.78 Å². The average molecular weight is 445 g/mol. The molecule has 0 aliphatic heterocycles. The van der Waals surface area contributed by atoms with Gasteiger partial charge in [0.15, 0.2) is 5.60 Å². The molecule has 0 saturated heterocycles. The number of thiocarbonyl (C=S) groups is 1. The molecule has 1 saturated carbocycles. The monoisotopic (exact) mass is 444 g/mol. The van der Waals surface area contributed by atoms with Crippen molar-refractivity contribution in [2.75, 3.05) is 7.05 Å². The number of likely N-dealkylation sites (N-methyl/N-ethyl adjacent to an activating group) is 1. The highest BCUT2D eigenvalue weighted by molar-refractivity contribution is 7.80. The molecule has 32 heavy (non-hydrogen) atoms. The molecular formula is C27H28N2O2S. The Morgan fingerprint density at radius 3 is 2.28 bits per heavy atom. The van der Waals surface area contributed by atoms with Crippen LogP contribution in [0.5, 0.6) is 0 Å². The molecule has 1 aromatic heterocycles. The molecule has 1 N–H and O–H groups in total. The van der Waals surface area contributed by atoms with E-state index in [-0.39, 0.29) is 11.9 Å². The zero-order valence-electron chi connectivity index (χ0n) is 18.5. The lowest BCUT2D eigenvalue weighted by atomic mass is 9.52. The maximum Gasteiger partial charge on any atom is 0.303 e. The van der Waals surface area contributed by atoms with Gasteiger partial charge in [-0.1, -0.05) is 85.4 Å². The van der Waals surface area contributed by atoms with Gasteiger partial charge in [-0.05, 0) is 35.6 Å². The van der Waals surface area contributed by atoms with Crippen LogP contribution in [0.4, 0.5) is 0 Å². The van der Waals surface area contributed by atoms with E-state index in [0.29, 0.717) is 4.99 Å². The molecule has 3 atom stereocenters. The van der Waals surface area contributed by atoms with E-state index in [1.165, 1.54) is 6.92 Å². The van der Waals surface area contributed by atoms with Crippen molar-refractivity contribution < 1.29 is 9.53 Å². The van der Waals surface area contributed by atoms with Crippen molar-refractivity contribution >= 4 is 23.2 Å². The summed E-state index contributed by atoms with van der Waals surface area (Å²) < 4.78 is 6.53. The predicted octanol–water partition coefficient (Wildman–Crippen LogP) is 5.29. The summed E-state index contributed by atoms with van der Waals surface area (Å²) in [6, 6.07) is 24.4. The van der Waals surface area contributed by atoms with Crippen LogP contribution >= 0.6 is 12.2 Å². The minimum Gasteiger partial charge on any atom is -0.452 e. The number of ether oxygens (including phenoxy) is 1. The maximum absolute atomic E-state index is 12.8. The van der Waals surface area contributed by atoms with Crippen molar-refractivity contribution in [1.82, 2.24) is 10.3 Å². The topological polar surface area (TPSA) is 51.2 Å². The molecule has 0 spiro atoms. The Morgan fingerprint density at radius 1 is 1.03 bits per heavy atom. The number of rotatable bonds is 5. The van der Waals surface area contributed by atoms with Gasteiger partial charge in [0.05, 0.1) is 10.4 Å². The molecule has 164 valence electrons. The largest absolute Gasteiger partial charge is 0.452 e. The number of nitrogens with one attached hydrogen (secondary N) is 1. The Morgan fingerprint density at radius 2 is 1.69 bits per heavy atom. The van der Waals surface area contributed by atoms with Crippen LogP contribution in [0.3, 0.4) is 0 Å². The van der Waals surface area contributed by atoms with Gasteiger partial charge in [0.25, 0.3) is 0 Å². The summed E-state index contributed by atoms with van der Waals surface area (Å²) in [5, 5.41) is 3.26. The molecule has 3 aromatic rings. The molecule has 0 radical (unpaired) electrons. The van der Waals surface area contributed by atoms with Crippen LogP contribution in [0.25, 0.3) is 0 Å². The molecular weight excluding hydrogens is 416 g/mol. The second kappa shape index (κ2) is 9.21. The lowest BCUT2D eigenvalue weighted by Gasteiger charge is -2.57. The van der Waals surface area contributed by atoms with E-state index in [0.717, 1.165) is 36.0 Å². The molecule has 5 heteroatoms. The summed E-state index contributed by atoms with van der Waals surface area (Å²) >= 11 is 6.04. The second-order valence-electron chi connectivity index (χ2n) is 8.28. The Hall–Kier alpha value is -3.05. The smallest absolute Gasteiger partial charge is 0.303 e. The minimum absolute atomic E-state index is 0.0877. The quantitative estimate of drug-likeness (QED) is 0.428. The number of carbonyl (C=O) groups is 1. The van der Waals surface area contributed by atoms with Gasteiger partial charge in [0.1, 0.15) is 0 Å². The summed E-state index contributed by atoms with van der Waals surface area (Å²) in [6.07, 6.45) is 6.17. The number of hydrogen-bond donors (Lipinski definition) is 1. The van der Waals surface area contributed by atoms with Crippen LogP contribution in [0.2, 0.25) is 0 Å². The van der Waals surface area contributed by atoms with Crippen LogP contribution in [-0.2, 0) is 20.5 Å². The highest BCUT2D eigenvalue weighted by atomic mass is 32.1. The highest BCUT2D eigenvalue weighted by Gasteiger charge is 2.64. The van der Waals surface area contributed by atoms with Crippen LogP contribution in [0.1, 0.15) is 48.8 Å². The van der Waals surface area contributed by atoms with Gasteiger partial charge < -0.3 is 10.1 Å². The van der Waals surface area contributed by atoms with E-state index < -0.39 is 11.0 Å². The zero-order chi connectivity index (χ0) is 22.6. The summed E-state index contributed by atoms with van der Waals surface area (Å²) in [5.41, 5.74) is 1.19. The predicted molar refractivity (Wildman–Crippen MR) is 130 cm³/mol. The average Bonchev–Trinajstić information content (AvgIpc) is 2.85. The lowest BCUT2D eigenvalue weighted by Crippen LogP contribution is -2.63. The number of nitrogens with zero attached hydrogens (tertiary/aromatic N) is 1. The van der Waals surface area contributed by atoms with Crippen molar-refractivity contribution in [2.24, 2.45) is 0 Å². The number of esters is 1. The minimum atomic E-state index is -1.04. The third-order valence-corrected chi connectivity index (χ3v) is 7.20. The first-order valence-corrected chi connectivity index (χ1v) is 11.4. The first kappa shape index (κ1) is 22.2. The molecule has 1 fully saturated rings. The SMILES string of the molecule is CNC(=S)C1(c2cccnc2)CCCC(c2ccccc2)C1(OC(C)=O)c1ccccc1. The number of pyridine rings is 1. The Labute approximate surface area is 195 Å². The highest BCUT2D eigenvalue weighted by Crippen LogP contribution is 2.60. The van der Waals surface area contributed by atoms with E-state index in [9.17, 15) is 4.79 Å². The van der Waals surface area contributed by atoms with Crippen molar-refractivity contribution in [3.8, 4) is 0 Å². The lowest BCUT2D eigenvalue weighted by molar-refractivity contribution is -0.173. The molecule has 4 nitrogen and oxygen atoms in total. The van der Waals surface area contributed by atoms with Gasteiger partial charge >= 0.3 is 5.97 Å². The Bertz CT molecular complexity index is 1070. The number of aromatic nitrogens is 1. The van der Waals surface area contributed by atoms with Crippen LogP contribution in [0, 0.1) is 0 Å². The van der Waals surface area contributed by atoms with Crippen LogP contribution in [-0.4, -0.2) is 23.0 Å². The first-order chi connectivity index (χ1) is 15.6. The molecule has 1 heterocycles. The maximum atomic E-state index is 12.8. The first-order valence-electron chi connectivity index (χ1n) is 11.0. The van der Waals surface area contributed by atoms with E-state index in [2.05, 4.69) is 22.4 Å². The number of hydrogen-bond acceptors (Lipinski definition) is 4. The van der Waals surface area contributed by atoms with Crippen molar-refractivity contribution in [1.29, 1.82) is 0 Å². The van der Waals surface area contributed by atoms with E-state index in [4.69, 9.17) is 17.0 Å². The number of benzene rings is 2. The van der Waals surface area contributed by atoms with E-state index in [1.54, 1.807) is 6.20 Å². The fourth-order valence-corrected chi connectivity index (χ4v) is 5.89. The molecule has 1 aliphatic rings. The molecule has 2 aromatic carbocycles. The zero-order valence-corrected chi connectivity index (χ0v) is 19.3. The summed E-state index contributed by atoms with van der Waals surface area (Å²) in [4.78, 5) is 17.9. The Balaban J connectivity index is 2.13. The van der Waals surface area contributed by atoms with E-state index in [1.807, 2.05) is 73.9 Å². The Kier molecular flexibility index (Phi) is 6.38. The third kappa shape index (κ3) is 3.51. The molecule has 0 bridgehead atoms. The van der Waals surface area contributed by atoms with Crippen LogP contribution in [0.15, 0.2) is 85.2 Å². The van der Waals surface area contributed by atoms with Crippen molar-refractivity contribution in [2.45, 2.75) is 43.1 Å². The second-order valence-corrected chi connectivity index (χ2v) is 8.69. The van der Waals surface area contributed by atoms with Crippen LogP contribution < -0.4 is 5.32 Å². The normalized spacial score (nSPS) is 25.0. The molecule has 4 rings (SSSR count). The fourth-order valence-electron chi connectivity index (χ4n) is 5.52. The summed E-state index contributed by atoms with van der Waals surface area (Å²) in [6.45, 7) is 1.48. The summed E-state index contributed by atoms with van der Waals surface area (Å²) in [5.74, 6) is -0.417. The molecule has 3 unspecified atom stereocenters. The van der Waals surface area contributed by atoms with Gasteiger partial charge in [-0.15, -0.1) is 0 Å². The summed E-state index contributed by atoms with van der Waals surface area (Å²) in [7, 11) is 1.84.